The first-order chi connectivity index (χ1) is 60.9. The number of rotatable bonds is 38. The Morgan fingerprint density at radius 1 is 0.620 bits per heavy atom. The molecule has 38 nitrogen and oxygen atoms in total. The SMILES string of the molecule is CC(C)C[C@H](NC(=O)[C@H](CC(=O)O)NC(=O)[C@H](CC(C)C)NC(=O)[C@]1(C)CCCCCCCCCCCC[C@](C)(NC(=O)CNC(=O)[C@](C)(Cc2ccccc2F)NC(=O)COCCOCCNC(=S)Nc2ccc3c(c2)C(=O)OC32c3ccc(O)cc3Oc3cc(O)ccc32)C(=O)N[C@@H](CC(C)C)C(=O)N[C@@H](CC(=O)O)C(=O)N1)C(=O)N[C@@H](C)C(=O)N[C@@H](CO)C(N)=O. The van der Waals surface area contributed by atoms with Crippen molar-refractivity contribution in [3.63, 3.8) is 0 Å². The number of benzene rings is 4. The van der Waals surface area contributed by atoms with Gasteiger partial charge in [-0.25, -0.2) is 9.18 Å². The number of carbonyl (C=O) groups is 15. The standard InChI is InChI=1S/C89H123FN14O24S/c1-49(2)37-62(76(116)94-52(7)75(115)99-67(47-105)74(91)114)96-79(119)65(43-72(110)111)97-77(117)63(38-50(3)4)101-84(124)87(9)32-22-18-16-14-12-11-13-15-17-21-31-86(8,83(123)100-64(39-51(5)6)78(118)98-66(44-73(112)113)80(120)104-87)102-70(108)46-93-82(122)88(10,45-53-23-19-20-24-61(53)90)103-71(109)48-126-36-35-125-34-33-92-85(129)95-54-25-28-58-57(40-54)81(121)128-89(58)59-29-26-55(106)41-68(59)127-69-42-56(107)27-30-60(69)89/h19-20,23-30,40-42,49-52,62-67,105-107H,11-18,21-22,31-39,43-48H2,1-10H3,(H2,91,114)(H,93,122)(H,94,116)(H,96,119)(H,97,117)(H,98,118)(H,99,115)(H,100,123)(H,101,124)(H,102,108)(H,103,109)(H,104,120)(H,110,111)(H,112,113)(H2,92,95,129)/t52-,62-,63-,64-,65-,66-,67-,86-,87-,88-/m0/s1. The van der Waals surface area contributed by atoms with E-state index in [4.69, 9.17) is 36.9 Å². The highest BCUT2D eigenvalue weighted by Gasteiger charge is 2.54. The van der Waals surface area contributed by atoms with Gasteiger partial charge in [-0.15, -0.1) is 0 Å². The van der Waals surface area contributed by atoms with E-state index in [2.05, 4.69) is 69.1 Å². The second-order valence-corrected chi connectivity index (χ2v) is 35.0. The van der Waals surface area contributed by atoms with E-state index in [9.17, 15) is 92.7 Å². The normalized spacial score (nSPS) is 19.5. The monoisotopic (exact) mass is 1820 g/mol. The molecule has 0 aromatic heterocycles. The number of anilines is 1. The summed E-state index contributed by atoms with van der Waals surface area (Å²) in [5.41, 5.74) is 0.0719. The lowest BCUT2D eigenvalue weighted by atomic mass is 9.77. The van der Waals surface area contributed by atoms with Gasteiger partial charge in [-0.1, -0.05) is 130 Å². The van der Waals surface area contributed by atoms with Crippen LogP contribution in [-0.2, 0) is 93.4 Å². The number of ether oxygens (including phenoxy) is 4. The number of amides is 12. The molecule has 129 heavy (non-hydrogen) atoms. The van der Waals surface area contributed by atoms with Crippen LogP contribution in [0, 0.1) is 23.6 Å². The molecule has 20 N–H and O–H groups in total. The summed E-state index contributed by atoms with van der Waals surface area (Å²) in [5.74, 6) is -17.2. The Bertz CT molecular complexity index is 4680. The molecule has 0 saturated carbocycles. The minimum atomic E-state index is -2.00. The van der Waals surface area contributed by atoms with Crippen molar-refractivity contribution >= 4 is 112 Å². The second kappa shape index (κ2) is 48.3. The summed E-state index contributed by atoms with van der Waals surface area (Å²) in [4.78, 5) is 207. The molecule has 3 aliphatic rings. The third kappa shape index (κ3) is 30.5. The fraction of sp³-hybridized carbons (Fsp3) is 0.551. The van der Waals surface area contributed by atoms with Crippen LogP contribution in [0.2, 0.25) is 0 Å². The van der Waals surface area contributed by atoms with Crippen molar-refractivity contribution in [1.29, 1.82) is 0 Å². The number of hydrogen-bond acceptors (Lipinski definition) is 23. The van der Waals surface area contributed by atoms with Gasteiger partial charge in [0.15, 0.2) is 10.7 Å². The lowest BCUT2D eigenvalue weighted by Crippen LogP contribution is -2.65. The van der Waals surface area contributed by atoms with E-state index < -0.39 is 198 Å². The van der Waals surface area contributed by atoms with Crippen LogP contribution in [0.15, 0.2) is 78.9 Å². The number of primary amides is 1. The van der Waals surface area contributed by atoms with Crippen LogP contribution in [-0.4, -0.2) is 224 Å². The Morgan fingerprint density at radius 2 is 1.18 bits per heavy atom. The van der Waals surface area contributed by atoms with Gasteiger partial charge in [-0.3, -0.25) is 67.1 Å². The Hall–Kier alpha value is -12.2. The topological polar surface area (TPSA) is 577 Å². The molecule has 0 bridgehead atoms. The van der Waals surface area contributed by atoms with Crippen molar-refractivity contribution in [2.45, 2.75) is 249 Å². The summed E-state index contributed by atoms with van der Waals surface area (Å²) in [6, 6.07) is 8.19. The first kappa shape index (κ1) is 104. The zero-order valence-corrected chi connectivity index (χ0v) is 75.1. The Balaban J connectivity index is 0.980. The number of phenolic OH excluding ortho intramolecular Hbond substituents is 2. The van der Waals surface area contributed by atoms with Crippen molar-refractivity contribution in [1.82, 2.24) is 63.8 Å². The Morgan fingerprint density at radius 3 is 1.76 bits per heavy atom. The molecule has 3 heterocycles. The molecule has 4 aromatic rings. The summed E-state index contributed by atoms with van der Waals surface area (Å²) in [5, 5.41) is 84.3. The maximum atomic E-state index is 15.4. The van der Waals surface area contributed by atoms with Crippen LogP contribution in [0.5, 0.6) is 23.0 Å². The van der Waals surface area contributed by atoms with Gasteiger partial charge in [0.25, 0.3) is 0 Å². The number of thiocarbonyl (C=S) groups is 1. The van der Waals surface area contributed by atoms with Crippen molar-refractivity contribution < 1.29 is 121 Å². The molecule has 706 valence electrons. The van der Waals surface area contributed by atoms with Gasteiger partial charge in [0.2, 0.25) is 70.9 Å². The minimum absolute atomic E-state index is 0.00753. The third-order valence-electron chi connectivity index (χ3n) is 22.0. The van der Waals surface area contributed by atoms with Gasteiger partial charge in [0, 0.05) is 47.5 Å². The lowest BCUT2D eigenvalue weighted by Gasteiger charge is -2.36. The number of carboxylic acid groups (broad SMARTS) is 2. The van der Waals surface area contributed by atoms with Gasteiger partial charge in [-0.05, 0) is 138 Å². The number of esters is 1. The smallest absolute Gasteiger partial charge is 0.340 e. The molecule has 4 aromatic carbocycles. The quantitative estimate of drug-likeness (QED) is 0.0172. The van der Waals surface area contributed by atoms with E-state index >= 15 is 9.18 Å². The molecule has 10 atom stereocenters. The first-order valence-electron chi connectivity index (χ1n) is 43.3. The summed E-state index contributed by atoms with van der Waals surface area (Å²) < 4.78 is 38.9. The number of aromatic hydroxyl groups is 2. The fourth-order valence-electron chi connectivity index (χ4n) is 15.2. The molecule has 12 amide bonds. The summed E-state index contributed by atoms with van der Waals surface area (Å²) in [6.07, 6.45) is 3.33. The van der Waals surface area contributed by atoms with Crippen LogP contribution in [0.3, 0.4) is 0 Å². The highest BCUT2D eigenvalue weighted by molar-refractivity contribution is 7.80. The van der Waals surface area contributed by atoms with Crippen LogP contribution in [0.4, 0.5) is 10.1 Å². The summed E-state index contributed by atoms with van der Waals surface area (Å²) in [6.45, 7) is 13.5. The number of aliphatic hydroxyl groups is 1. The molecule has 40 heteroatoms. The number of aliphatic carboxylic acids is 2. The largest absolute Gasteiger partial charge is 0.508 e. The average Bonchev–Trinajstić information content (AvgIpc) is 1.56. The molecular formula is C89H123FN14O24S. The number of halogens is 1. The fourth-order valence-corrected chi connectivity index (χ4v) is 15.5. The number of carbonyl (C=O) groups excluding carboxylic acids is 13. The van der Waals surface area contributed by atoms with E-state index in [1.54, 1.807) is 71.9 Å². The van der Waals surface area contributed by atoms with Gasteiger partial charge < -0.3 is 119 Å². The average molecular weight is 1820 g/mol. The molecule has 1 saturated heterocycles. The van der Waals surface area contributed by atoms with Gasteiger partial charge >= 0.3 is 17.9 Å². The number of aliphatic hydroxyl groups excluding tert-OH is 1. The number of nitrogens with two attached hydrogens (primary N) is 1. The number of fused-ring (bicyclic) bond motifs is 6. The van der Waals surface area contributed by atoms with Crippen LogP contribution in [0.1, 0.15) is 211 Å². The van der Waals surface area contributed by atoms with Crippen molar-refractivity contribution in [3.05, 3.63) is 112 Å². The maximum absolute atomic E-state index is 15.4. The minimum Gasteiger partial charge on any atom is -0.508 e. The van der Waals surface area contributed by atoms with E-state index in [0.29, 0.717) is 60.9 Å². The summed E-state index contributed by atoms with van der Waals surface area (Å²) >= 11 is 5.53. The highest BCUT2D eigenvalue weighted by atomic mass is 32.1. The molecule has 1 spiro atoms. The van der Waals surface area contributed by atoms with Gasteiger partial charge in [0.05, 0.1) is 51.4 Å². The molecule has 0 aliphatic carbocycles. The van der Waals surface area contributed by atoms with Crippen LogP contribution in [0.25, 0.3) is 0 Å². The van der Waals surface area contributed by atoms with Crippen LogP contribution < -0.4 is 79.6 Å². The highest BCUT2D eigenvalue weighted by Crippen LogP contribution is 2.57. The number of nitrogens with one attached hydrogen (secondary N) is 13. The zero-order valence-electron chi connectivity index (χ0n) is 74.3. The van der Waals surface area contributed by atoms with E-state index in [-0.39, 0.29) is 115 Å². The van der Waals surface area contributed by atoms with E-state index in [1.165, 1.54) is 70.2 Å². The number of carboxylic acids is 2. The molecule has 0 unspecified atom stereocenters. The van der Waals surface area contributed by atoms with E-state index in [1.807, 2.05) is 0 Å². The number of hydrogen-bond donors (Lipinski definition) is 19. The van der Waals surface area contributed by atoms with E-state index in [0.717, 1.165) is 31.7 Å². The molecular weight excluding hydrogens is 1700 g/mol. The molecule has 0 radical (unpaired) electrons. The predicted molar refractivity (Wildman–Crippen MR) is 470 cm³/mol. The maximum Gasteiger partial charge on any atom is 0.340 e. The third-order valence-corrected chi connectivity index (χ3v) is 22.3. The molecule has 7 rings (SSSR count). The molecule has 1 fully saturated rings. The zero-order chi connectivity index (χ0) is 95.3. The van der Waals surface area contributed by atoms with Crippen molar-refractivity contribution in [3.8, 4) is 23.0 Å². The first-order valence-corrected chi connectivity index (χ1v) is 43.7. The van der Waals surface area contributed by atoms with Crippen molar-refractivity contribution in [2.24, 2.45) is 23.5 Å². The Labute approximate surface area is 752 Å². The van der Waals surface area contributed by atoms with Gasteiger partial charge in [-0.2, -0.15) is 0 Å². The van der Waals surface area contributed by atoms with Gasteiger partial charge in [0.1, 0.15) is 94.3 Å². The Kier molecular flexibility index (Phi) is 38.9. The predicted octanol–water partition coefficient (Wildman–Crippen LogP) is 3.78. The second-order valence-electron chi connectivity index (χ2n) is 34.6. The summed E-state index contributed by atoms with van der Waals surface area (Å²) in [7, 11) is 0. The number of phenols is 2. The lowest BCUT2D eigenvalue weighted by molar-refractivity contribution is -0.143. The van der Waals surface area contributed by atoms with Crippen molar-refractivity contribution in [2.75, 3.05) is 51.4 Å². The van der Waals surface area contributed by atoms with Crippen LogP contribution >= 0.6 is 12.2 Å². The molecule has 3 aliphatic heterocycles.